The molecule has 5 nitrogen and oxygen atoms in total. The molecule has 1 amide bonds. The lowest BCUT2D eigenvalue weighted by Gasteiger charge is -2.20. The predicted molar refractivity (Wildman–Crippen MR) is 76.3 cm³/mol. The Labute approximate surface area is 118 Å². The van der Waals surface area contributed by atoms with Crippen molar-refractivity contribution in [3.63, 3.8) is 0 Å². The van der Waals surface area contributed by atoms with Crippen LogP contribution in [0.25, 0.3) is 0 Å². The molecular formula is C15H19N3O2. The second-order valence-electron chi connectivity index (χ2n) is 5.41. The first-order valence-corrected chi connectivity index (χ1v) is 6.96. The van der Waals surface area contributed by atoms with Crippen molar-refractivity contribution in [2.45, 2.75) is 19.1 Å². The van der Waals surface area contributed by atoms with E-state index >= 15 is 0 Å². The average Bonchev–Trinajstić information content (AvgIpc) is 2.80. The van der Waals surface area contributed by atoms with Crippen LogP contribution in [0.1, 0.15) is 12.0 Å². The molecule has 2 aliphatic rings. The molecule has 0 N–H and O–H groups in total. The van der Waals surface area contributed by atoms with Crippen LogP contribution in [-0.2, 0) is 16.1 Å². The summed E-state index contributed by atoms with van der Waals surface area (Å²) in [6.07, 6.45) is 0.591. The molecule has 106 valence electrons. The normalized spacial score (nSPS) is 21.7. The molecular weight excluding hydrogens is 254 g/mol. The highest BCUT2D eigenvalue weighted by Gasteiger charge is 2.33. The van der Waals surface area contributed by atoms with Gasteiger partial charge in [-0.25, -0.2) is 0 Å². The van der Waals surface area contributed by atoms with Crippen LogP contribution in [0, 0.1) is 0 Å². The number of benzene rings is 1. The molecule has 0 bridgehead atoms. The molecule has 1 aromatic carbocycles. The number of likely N-dealkylation sites (N-methyl/N-ethyl adjacent to an activating group) is 1. The summed E-state index contributed by atoms with van der Waals surface area (Å²) in [7, 11) is 2.08. The van der Waals surface area contributed by atoms with Crippen LogP contribution in [-0.4, -0.2) is 54.5 Å². The molecule has 1 atom stereocenters. The quantitative estimate of drug-likeness (QED) is 0.824. The molecule has 0 aliphatic carbocycles. The number of hydrogen-bond acceptors (Lipinski definition) is 4. The van der Waals surface area contributed by atoms with Gasteiger partial charge in [-0.05, 0) is 12.6 Å². The van der Waals surface area contributed by atoms with Gasteiger partial charge < -0.3 is 9.64 Å². The fourth-order valence-electron chi connectivity index (χ4n) is 2.66. The minimum Gasteiger partial charge on any atom is -0.458 e. The molecule has 1 saturated heterocycles. The van der Waals surface area contributed by atoms with Crippen molar-refractivity contribution in [3.05, 3.63) is 35.9 Å². The van der Waals surface area contributed by atoms with Crippen molar-refractivity contribution < 1.29 is 9.53 Å². The van der Waals surface area contributed by atoms with E-state index in [4.69, 9.17) is 4.74 Å². The van der Waals surface area contributed by atoms with Gasteiger partial charge in [0.25, 0.3) is 11.9 Å². The van der Waals surface area contributed by atoms with Crippen LogP contribution in [0.4, 0.5) is 0 Å². The number of carbonyl (C=O) groups excluding carboxylic acids is 1. The van der Waals surface area contributed by atoms with Gasteiger partial charge in [0.05, 0.1) is 6.54 Å². The molecule has 2 aliphatic heterocycles. The average molecular weight is 273 g/mol. The maximum absolute atomic E-state index is 11.3. The van der Waals surface area contributed by atoms with Gasteiger partial charge in [0.2, 0.25) is 0 Å². The Kier molecular flexibility index (Phi) is 3.69. The maximum atomic E-state index is 11.3. The predicted octanol–water partition coefficient (Wildman–Crippen LogP) is 1.11. The van der Waals surface area contributed by atoms with Gasteiger partial charge in [0.1, 0.15) is 6.10 Å². The van der Waals surface area contributed by atoms with Crippen LogP contribution < -0.4 is 0 Å². The Morgan fingerprint density at radius 2 is 2.20 bits per heavy atom. The third-order valence-corrected chi connectivity index (χ3v) is 3.59. The van der Waals surface area contributed by atoms with E-state index < -0.39 is 0 Å². The lowest BCUT2D eigenvalue weighted by atomic mass is 10.2. The largest absolute Gasteiger partial charge is 0.458 e. The first kappa shape index (κ1) is 13.1. The molecule has 2 heterocycles. The zero-order valence-corrected chi connectivity index (χ0v) is 11.7. The number of rotatable bonds is 4. The van der Waals surface area contributed by atoms with E-state index in [0.29, 0.717) is 12.4 Å². The van der Waals surface area contributed by atoms with Crippen LogP contribution >= 0.6 is 0 Å². The minimum absolute atomic E-state index is 0.0745. The summed E-state index contributed by atoms with van der Waals surface area (Å²) >= 11 is 0. The topological polar surface area (TPSA) is 45.1 Å². The molecule has 1 fully saturated rings. The molecule has 20 heavy (non-hydrogen) atoms. The highest BCUT2D eigenvalue weighted by molar-refractivity contribution is 5.93. The van der Waals surface area contributed by atoms with Crippen LogP contribution in [0.2, 0.25) is 0 Å². The van der Waals surface area contributed by atoms with Crippen molar-refractivity contribution in [3.8, 4) is 0 Å². The summed E-state index contributed by atoms with van der Waals surface area (Å²) in [6.45, 7) is 3.28. The summed E-state index contributed by atoms with van der Waals surface area (Å²) in [4.78, 5) is 19.5. The number of fused-ring (bicyclic) bond motifs is 1. The number of amides is 1. The van der Waals surface area contributed by atoms with Gasteiger partial charge in [-0.3, -0.25) is 9.69 Å². The Hall–Kier alpha value is -1.88. The maximum Gasteiger partial charge on any atom is 0.295 e. The number of nitrogens with zero attached hydrogens (tertiary/aromatic N) is 3. The fourth-order valence-corrected chi connectivity index (χ4v) is 2.66. The van der Waals surface area contributed by atoms with Crippen LogP contribution in [0.15, 0.2) is 35.3 Å². The number of amidine groups is 1. The third-order valence-electron chi connectivity index (χ3n) is 3.59. The van der Waals surface area contributed by atoms with Crippen molar-refractivity contribution in [2.24, 2.45) is 4.99 Å². The Bertz CT molecular complexity index is 515. The zero-order valence-electron chi connectivity index (χ0n) is 11.7. The fraction of sp³-hybridized carbons (Fsp3) is 0.467. The van der Waals surface area contributed by atoms with Gasteiger partial charge in [-0.2, -0.15) is 4.99 Å². The smallest absolute Gasteiger partial charge is 0.295 e. The molecule has 1 unspecified atom stereocenters. The van der Waals surface area contributed by atoms with Crippen LogP contribution in [0.5, 0.6) is 0 Å². The van der Waals surface area contributed by atoms with Gasteiger partial charge in [-0.15, -0.1) is 0 Å². The van der Waals surface area contributed by atoms with Crippen molar-refractivity contribution >= 4 is 11.9 Å². The van der Waals surface area contributed by atoms with E-state index in [1.54, 1.807) is 0 Å². The third kappa shape index (κ3) is 2.99. The molecule has 1 aromatic rings. The first-order chi connectivity index (χ1) is 9.70. The SMILES string of the molecule is CN(Cc1ccccc1)CC1CN2CCC(=O)N=C2O1. The number of ether oxygens (including phenoxy) is 1. The van der Waals surface area contributed by atoms with E-state index in [9.17, 15) is 4.79 Å². The van der Waals surface area contributed by atoms with Gasteiger partial charge in [0, 0.05) is 26.1 Å². The number of hydrogen-bond donors (Lipinski definition) is 0. The zero-order chi connectivity index (χ0) is 13.9. The lowest BCUT2D eigenvalue weighted by Crippen LogP contribution is -2.34. The van der Waals surface area contributed by atoms with E-state index in [1.807, 2.05) is 6.07 Å². The van der Waals surface area contributed by atoms with Gasteiger partial charge in [-0.1, -0.05) is 30.3 Å². The van der Waals surface area contributed by atoms with Gasteiger partial charge >= 0.3 is 0 Å². The summed E-state index contributed by atoms with van der Waals surface area (Å²) < 4.78 is 5.76. The van der Waals surface area contributed by atoms with E-state index in [0.717, 1.165) is 26.2 Å². The standard InChI is InChI=1S/C15H19N3O2/c1-17(9-12-5-3-2-4-6-12)10-13-11-18-8-7-14(19)16-15(18)20-13/h2-6,13H,7-11H2,1H3. The molecule has 3 rings (SSSR count). The number of carbonyl (C=O) groups is 1. The second kappa shape index (κ2) is 5.63. The molecule has 0 aromatic heterocycles. The molecule has 5 heteroatoms. The summed E-state index contributed by atoms with van der Waals surface area (Å²) in [5.74, 6) is -0.0745. The Morgan fingerprint density at radius 1 is 1.40 bits per heavy atom. The molecule has 0 spiro atoms. The summed E-state index contributed by atoms with van der Waals surface area (Å²) in [5.41, 5.74) is 1.29. The summed E-state index contributed by atoms with van der Waals surface area (Å²) in [5, 5.41) is 0. The first-order valence-electron chi connectivity index (χ1n) is 6.96. The number of aliphatic imine (C=N–C) groups is 1. The lowest BCUT2D eigenvalue weighted by molar-refractivity contribution is -0.118. The van der Waals surface area contributed by atoms with Crippen molar-refractivity contribution in [1.29, 1.82) is 0 Å². The van der Waals surface area contributed by atoms with Crippen molar-refractivity contribution in [1.82, 2.24) is 9.80 Å². The Balaban J connectivity index is 1.54. The Morgan fingerprint density at radius 3 is 3.00 bits per heavy atom. The summed E-state index contributed by atoms with van der Waals surface area (Å²) in [6, 6.07) is 10.9. The van der Waals surface area contributed by atoms with Crippen LogP contribution in [0.3, 0.4) is 0 Å². The van der Waals surface area contributed by atoms with E-state index in [1.165, 1.54) is 5.56 Å². The second-order valence-corrected chi connectivity index (χ2v) is 5.41. The van der Waals surface area contributed by atoms with E-state index in [-0.39, 0.29) is 12.0 Å². The van der Waals surface area contributed by atoms with Crippen molar-refractivity contribution in [2.75, 3.05) is 26.7 Å². The van der Waals surface area contributed by atoms with Gasteiger partial charge in [0.15, 0.2) is 0 Å². The van der Waals surface area contributed by atoms with E-state index in [2.05, 4.69) is 46.1 Å². The monoisotopic (exact) mass is 273 g/mol. The molecule has 0 radical (unpaired) electrons. The highest BCUT2D eigenvalue weighted by atomic mass is 16.5. The minimum atomic E-state index is -0.0745. The highest BCUT2D eigenvalue weighted by Crippen LogP contribution is 2.17. The molecule has 0 saturated carbocycles.